The molecule has 27 heavy (non-hydrogen) atoms. The highest BCUT2D eigenvalue weighted by atomic mass is 35.5. The van der Waals surface area contributed by atoms with Gasteiger partial charge < -0.3 is 15.4 Å². The lowest BCUT2D eigenvalue weighted by Gasteiger charge is -2.11. The summed E-state index contributed by atoms with van der Waals surface area (Å²) >= 11 is 11.3. The fourth-order valence-corrected chi connectivity index (χ4v) is 2.29. The Morgan fingerprint density at radius 1 is 1.11 bits per heavy atom. The van der Waals surface area contributed by atoms with Crippen LogP contribution >= 0.6 is 23.2 Å². The van der Waals surface area contributed by atoms with Crippen molar-refractivity contribution < 1.29 is 18.7 Å². The lowest BCUT2D eigenvalue weighted by Crippen LogP contribution is -2.30. The third-order valence-electron chi connectivity index (χ3n) is 3.40. The number of rotatable bonds is 8. The number of nitrogens with one attached hydrogen (secondary N) is 2. The summed E-state index contributed by atoms with van der Waals surface area (Å²) in [6.07, 6.45) is 0.348. The number of halogens is 3. The summed E-state index contributed by atoms with van der Waals surface area (Å²) in [4.78, 5) is 23.8. The van der Waals surface area contributed by atoms with Gasteiger partial charge in [-0.25, -0.2) is 4.39 Å². The quantitative estimate of drug-likeness (QED) is 0.691. The monoisotopic (exact) mass is 410 g/mol. The fraction of sp³-hybridized carbons (Fsp3) is 0.158. The fourth-order valence-electron chi connectivity index (χ4n) is 2.04. The van der Waals surface area contributed by atoms with E-state index >= 15 is 0 Å². The zero-order valence-corrected chi connectivity index (χ0v) is 15.7. The summed E-state index contributed by atoms with van der Waals surface area (Å²) in [6, 6.07) is 10.4. The molecule has 0 spiro atoms. The Hall–Kier alpha value is -2.57. The lowest BCUT2D eigenvalue weighted by atomic mass is 10.2. The van der Waals surface area contributed by atoms with E-state index in [1.807, 2.05) is 0 Å². The number of carbonyl (C=O) groups is 2. The van der Waals surface area contributed by atoms with Crippen molar-refractivity contribution in [2.45, 2.75) is 6.42 Å². The minimum absolute atomic E-state index is 0.0270. The second-order valence-electron chi connectivity index (χ2n) is 5.53. The second-order valence-corrected chi connectivity index (χ2v) is 6.37. The van der Waals surface area contributed by atoms with Crippen molar-refractivity contribution in [2.75, 3.05) is 13.2 Å². The van der Waals surface area contributed by atoms with Crippen molar-refractivity contribution in [1.29, 1.82) is 0 Å². The van der Waals surface area contributed by atoms with Gasteiger partial charge in [-0.3, -0.25) is 9.59 Å². The first-order valence-corrected chi connectivity index (χ1v) is 8.70. The predicted octanol–water partition coefficient (Wildman–Crippen LogP) is 3.96. The minimum atomic E-state index is -0.629. The van der Waals surface area contributed by atoms with Gasteiger partial charge >= 0.3 is 0 Å². The molecule has 0 atom stereocenters. The van der Waals surface area contributed by atoms with Gasteiger partial charge in [0.05, 0.1) is 5.02 Å². The van der Waals surface area contributed by atoms with Crippen molar-refractivity contribution in [2.24, 2.45) is 0 Å². The van der Waals surface area contributed by atoms with Gasteiger partial charge in [0, 0.05) is 35.3 Å². The molecule has 0 aliphatic rings. The Bertz CT molecular complexity index is 841. The number of hydrogen-bond acceptors (Lipinski definition) is 3. The average molecular weight is 411 g/mol. The third kappa shape index (κ3) is 6.92. The molecule has 2 aromatic carbocycles. The van der Waals surface area contributed by atoms with Crippen molar-refractivity contribution in [3.63, 3.8) is 0 Å². The molecule has 2 amide bonds. The van der Waals surface area contributed by atoms with Crippen molar-refractivity contribution >= 4 is 35.0 Å². The summed E-state index contributed by atoms with van der Waals surface area (Å²) in [5, 5.41) is 5.78. The molecule has 0 saturated carbocycles. The van der Waals surface area contributed by atoms with E-state index in [-0.39, 0.29) is 23.3 Å². The van der Waals surface area contributed by atoms with Crippen LogP contribution in [0.2, 0.25) is 10.0 Å². The Labute approximate surface area is 166 Å². The molecule has 0 radical (unpaired) electrons. The molecule has 0 saturated heterocycles. The molecule has 0 unspecified atom stereocenters. The zero-order valence-electron chi connectivity index (χ0n) is 14.2. The van der Waals surface area contributed by atoms with E-state index in [2.05, 4.69) is 17.2 Å². The van der Waals surface area contributed by atoms with Gasteiger partial charge in [-0.2, -0.15) is 0 Å². The van der Waals surface area contributed by atoms with E-state index in [9.17, 15) is 14.0 Å². The number of carbonyl (C=O) groups excluding carboxylic acids is 2. The first-order valence-electron chi connectivity index (χ1n) is 7.94. The third-order valence-corrected chi connectivity index (χ3v) is 3.95. The Morgan fingerprint density at radius 2 is 1.81 bits per heavy atom. The van der Waals surface area contributed by atoms with Gasteiger partial charge in [-0.15, -0.1) is 0 Å². The first-order chi connectivity index (χ1) is 12.8. The summed E-state index contributed by atoms with van der Waals surface area (Å²) in [5.74, 6) is -1.14. The van der Waals surface area contributed by atoms with E-state index in [4.69, 9.17) is 27.9 Å². The minimum Gasteiger partial charge on any atom is -0.484 e. The summed E-state index contributed by atoms with van der Waals surface area (Å²) in [5.41, 5.74) is 0.903. The normalized spacial score (nSPS) is 10.2. The van der Waals surface area contributed by atoms with Gasteiger partial charge in [0.1, 0.15) is 11.6 Å². The molecular formula is C19H17Cl2FN2O3. The molecule has 0 bridgehead atoms. The molecule has 0 aliphatic heterocycles. The van der Waals surface area contributed by atoms with Crippen LogP contribution in [0.3, 0.4) is 0 Å². The van der Waals surface area contributed by atoms with E-state index in [0.29, 0.717) is 29.2 Å². The molecule has 2 aromatic rings. The van der Waals surface area contributed by atoms with Gasteiger partial charge in [-0.05, 0) is 36.4 Å². The molecule has 0 heterocycles. The Kier molecular flexibility index (Phi) is 7.64. The molecular weight excluding hydrogens is 394 g/mol. The maximum Gasteiger partial charge on any atom is 0.262 e. The lowest BCUT2D eigenvalue weighted by molar-refractivity contribution is -0.122. The first kappa shape index (κ1) is 20.7. The zero-order chi connectivity index (χ0) is 19.8. The summed E-state index contributed by atoms with van der Waals surface area (Å²) in [6.45, 7) is 3.71. The largest absolute Gasteiger partial charge is 0.484 e. The van der Waals surface area contributed by atoms with Crippen LogP contribution in [0.1, 0.15) is 16.8 Å². The van der Waals surface area contributed by atoms with Gasteiger partial charge in [0.25, 0.3) is 11.8 Å². The van der Waals surface area contributed by atoms with E-state index in [0.717, 1.165) is 6.07 Å². The van der Waals surface area contributed by atoms with E-state index < -0.39 is 11.7 Å². The number of hydrogen-bond donors (Lipinski definition) is 2. The molecule has 2 rings (SSSR count). The van der Waals surface area contributed by atoms with Crippen LogP contribution in [0, 0.1) is 5.82 Å². The topological polar surface area (TPSA) is 67.4 Å². The standard InChI is InChI=1S/C19H17Cl2FN2O3/c1-12(8-9-23-19(26)13-2-4-14(20)5-3-13)24-18(25)11-27-15-6-7-16(21)17(22)10-15/h2-7,10H,1,8-9,11H2,(H,23,26)(H,24,25). The highest BCUT2D eigenvalue weighted by Gasteiger charge is 2.08. The molecule has 142 valence electrons. The molecule has 0 aliphatic carbocycles. The van der Waals surface area contributed by atoms with Crippen LogP contribution in [-0.4, -0.2) is 25.0 Å². The van der Waals surface area contributed by atoms with E-state index in [1.54, 1.807) is 24.3 Å². The summed E-state index contributed by atoms with van der Waals surface area (Å²) in [7, 11) is 0. The van der Waals surface area contributed by atoms with E-state index in [1.165, 1.54) is 12.1 Å². The number of amides is 2. The molecule has 8 heteroatoms. The highest BCUT2D eigenvalue weighted by molar-refractivity contribution is 6.31. The molecule has 0 fully saturated rings. The van der Waals surface area contributed by atoms with Crippen molar-refractivity contribution in [3.8, 4) is 5.75 Å². The van der Waals surface area contributed by atoms with Crippen LogP contribution in [0.4, 0.5) is 4.39 Å². The average Bonchev–Trinajstić information content (AvgIpc) is 2.63. The smallest absolute Gasteiger partial charge is 0.262 e. The van der Waals surface area contributed by atoms with Gasteiger partial charge in [0.2, 0.25) is 0 Å². The highest BCUT2D eigenvalue weighted by Crippen LogP contribution is 2.20. The summed E-state index contributed by atoms with van der Waals surface area (Å²) < 4.78 is 18.5. The molecule has 2 N–H and O–H groups in total. The predicted molar refractivity (Wildman–Crippen MR) is 103 cm³/mol. The van der Waals surface area contributed by atoms with Crippen LogP contribution < -0.4 is 15.4 Å². The Balaban J connectivity index is 1.68. The van der Waals surface area contributed by atoms with Crippen LogP contribution in [0.15, 0.2) is 54.7 Å². The SMILES string of the molecule is C=C(CCNC(=O)c1ccc(Cl)cc1)NC(=O)COc1ccc(Cl)c(F)c1. The van der Waals surface area contributed by atoms with Crippen LogP contribution in [0.25, 0.3) is 0 Å². The number of ether oxygens (including phenoxy) is 1. The van der Waals surface area contributed by atoms with Crippen LogP contribution in [-0.2, 0) is 4.79 Å². The van der Waals surface area contributed by atoms with Crippen LogP contribution in [0.5, 0.6) is 5.75 Å². The molecule has 5 nitrogen and oxygen atoms in total. The maximum atomic E-state index is 13.3. The van der Waals surface area contributed by atoms with Crippen molar-refractivity contribution in [3.05, 3.63) is 76.2 Å². The van der Waals surface area contributed by atoms with Crippen molar-refractivity contribution in [1.82, 2.24) is 10.6 Å². The van der Waals surface area contributed by atoms with Gasteiger partial charge in [-0.1, -0.05) is 29.8 Å². The number of benzene rings is 2. The van der Waals surface area contributed by atoms with Gasteiger partial charge in [0.15, 0.2) is 6.61 Å². The Morgan fingerprint density at radius 3 is 2.48 bits per heavy atom. The second kappa shape index (κ2) is 9.94. The maximum absolute atomic E-state index is 13.3. The molecule has 0 aromatic heterocycles.